The van der Waals surface area contributed by atoms with Gasteiger partial charge in [-0.15, -0.1) is 0 Å². The lowest BCUT2D eigenvalue weighted by atomic mass is 9.92. The number of hydrogen-bond donors (Lipinski definition) is 0. The van der Waals surface area contributed by atoms with Crippen LogP contribution < -0.4 is 0 Å². The molecule has 1 heterocycles. The topological polar surface area (TPSA) is 12.9 Å². The first-order valence-electron chi connectivity index (χ1n) is 10.1. The highest BCUT2D eigenvalue weighted by Gasteiger charge is 2.08. The van der Waals surface area contributed by atoms with Gasteiger partial charge in [-0.3, -0.25) is 4.98 Å². The van der Waals surface area contributed by atoms with Crippen molar-refractivity contribution in [2.75, 3.05) is 0 Å². The molecule has 0 atom stereocenters. The van der Waals surface area contributed by atoms with E-state index in [0.717, 1.165) is 11.3 Å². The molecule has 30 heavy (non-hydrogen) atoms. The van der Waals surface area contributed by atoms with Gasteiger partial charge in [0.1, 0.15) is 0 Å². The van der Waals surface area contributed by atoms with Crippen molar-refractivity contribution in [2.24, 2.45) is 0 Å². The third-order valence-electron chi connectivity index (χ3n) is 5.30. The summed E-state index contributed by atoms with van der Waals surface area (Å²) in [4.78, 5) is 4.51. The van der Waals surface area contributed by atoms with Gasteiger partial charge in [0.05, 0.1) is 5.69 Å². The molecule has 0 N–H and O–H groups in total. The van der Waals surface area contributed by atoms with Crippen LogP contribution in [0.15, 0.2) is 128 Å². The van der Waals surface area contributed by atoms with Crippen LogP contribution >= 0.6 is 0 Å². The molecule has 0 radical (unpaired) electrons. The molecule has 4 aromatic carbocycles. The Morgan fingerprint density at radius 1 is 0.333 bits per heavy atom. The van der Waals surface area contributed by atoms with E-state index in [2.05, 4.69) is 114 Å². The van der Waals surface area contributed by atoms with E-state index in [-0.39, 0.29) is 0 Å². The molecular weight excluding hydrogens is 362 g/mol. The Balaban J connectivity index is 1.67. The van der Waals surface area contributed by atoms with E-state index in [1.807, 2.05) is 18.3 Å². The van der Waals surface area contributed by atoms with Gasteiger partial charge in [0.25, 0.3) is 0 Å². The summed E-state index contributed by atoms with van der Waals surface area (Å²) in [5, 5.41) is 0. The molecule has 5 rings (SSSR count). The van der Waals surface area contributed by atoms with Crippen LogP contribution in [0.4, 0.5) is 0 Å². The lowest BCUT2D eigenvalue weighted by Gasteiger charge is -2.12. The quantitative estimate of drug-likeness (QED) is 0.309. The van der Waals surface area contributed by atoms with E-state index in [1.54, 1.807) is 0 Å². The third kappa shape index (κ3) is 3.78. The zero-order valence-electron chi connectivity index (χ0n) is 16.6. The maximum absolute atomic E-state index is 4.51. The Morgan fingerprint density at radius 3 is 1.37 bits per heavy atom. The summed E-state index contributed by atoms with van der Waals surface area (Å²) in [5.74, 6) is 0. The number of rotatable bonds is 4. The van der Waals surface area contributed by atoms with Crippen molar-refractivity contribution >= 4 is 0 Å². The predicted octanol–water partition coefficient (Wildman–Crippen LogP) is 7.75. The van der Waals surface area contributed by atoms with Crippen molar-refractivity contribution in [3.63, 3.8) is 0 Å². The molecule has 1 aromatic heterocycles. The minimum atomic E-state index is 0.988. The highest BCUT2D eigenvalue weighted by atomic mass is 14.7. The van der Waals surface area contributed by atoms with E-state index < -0.39 is 0 Å². The minimum Gasteiger partial charge on any atom is -0.256 e. The summed E-state index contributed by atoms with van der Waals surface area (Å²) in [6.07, 6.45) is 1.84. The van der Waals surface area contributed by atoms with Gasteiger partial charge in [-0.05, 0) is 69.8 Å². The van der Waals surface area contributed by atoms with Gasteiger partial charge in [-0.25, -0.2) is 0 Å². The molecule has 0 fully saturated rings. The first-order valence-corrected chi connectivity index (χ1v) is 10.1. The van der Waals surface area contributed by atoms with Crippen molar-refractivity contribution in [3.8, 4) is 44.6 Å². The van der Waals surface area contributed by atoms with E-state index in [0.29, 0.717) is 0 Å². The van der Waals surface area contributed by atoms with E-state index in [4.69, 9.17) is 0 Å². The molecule has 0 bridgehead atoms. The van der Waals surface area contributed by atoms with E-state index in [1.165, 1.54) is 33.4 Å². The second kappa shape index (κ2) is 8.18. The van der Waals surface area contributed by atoms with Gasteiger partial charge >= 0.3 is 0 Å². The van der Waals surface area contributed by atoms with Crippen molar-refractivity contribution < 1.29 is 0 Å². The smallest absolute Gasteiger partial charge is 0.0702 e. The average Bonchev–Trinajstić information content (AvgIpc) is 2.85. The fourth-order valence-electron chi connectivity index (χ4n) is 3.78. The molecule has 0 saturated heterocycles. The summed E-state index contributed by atoms with van der Waals surface area (Å²) < 4.78 is 0. The number of pyridine rings is 1. The largest absolute Gasteiger partial charge is 0.256 e. The number of nitrogens with zero attached hydrogens (tertiary/aromatic N) is 1. The molecule has 0 spiro atoms. The fourth-order valence-corrected chi connectivity index (χ4v) is 3.78. The number of hydrogen-bond acceptors (Lipinski definition) is 1. The van der Waals surface area contributed by atoms with Gasteiger partial charge in [-0.1, -0.05) is 84.9 Å². The predicted molar refractivity (Wildman–Crippen MR) is 126 cm³/mol. The molecule has 0 saturated carbocycles. The van der Waals surface area contributed by atoms with Crippen LogP contribution in [0.2, 0.25) is 0 Å². The first-order chi connectivity index (χ1) is 14.9. The summed E-state index contributed by atoms with van der Waals surface area (Å²) in [5.41, 5.74) is 9.38. The maximum Gasteiger partial charge on any atom is 0.0702 e. The molecule has 1 nitrogen and oxygen atoms in total. The summed E-state index contributed by atoms with van der Waals surface area (Å²) in [6, 6.07) is 42.6. The second-order valence-corrected chi connectivity index (χ2v) is 7.33. The van der Waals surface area contributed by atoms with Gasteiger partial charge in [0, 0.05) is 11.8 Å². The van der Waals surface area contributed by atoms with Crippen LogP contribution in [0.3, 0.4) is 0 Å². The SMILES string of the molecule is c1ccc(-c2cc(-c3ccccc3)cc(-c3cccc(-c4ccccn4)c3)c2)cc1. The first kappa shape index (κ1) is 18.1. The molecule has 142 valence electrons. The van der Waals surface area contributed by atoms with Gasteiger partial charge < -0.3 is 0 Å². The standard InChI is InChI=1S/C29H21N/c1-3-10-22(11-4-1)26-19-27(23-12-5-2-6-13-23)21-28(20-26)24-14-9-15-25(18-24)29-16-7-8-17-30-29/h1-21H. The van der Waals surface area contributed by atoms with E-state index >= 15 is 0 Å². The van der Waals surface area contributed by atoms with Crippen molar-refractivity contribution in [2.45, 2.75) is 0 Å². The maximum atomic E-state index is 4.51. The Hall–Kier alpha value is -3.97. The van der Waals surface area contributed by atoms with Crippen LogP contribution in [0.25, 0.3) is 44.6 Å². The molecule has 0 aliphatic rings. The van der Waals surface area contributed by atoms with Crippen LogP contribution in [0.5, 0.6) is 0 Å². The summed E-state index contributed by atoms with van der Waals surface area (Å²) in [6.45, 7) is 0. The highest BCUT2D eigenvalue weighted by Crippen LogP contribution is 2.34. The number of aromatic nitrogens is 1. The summed E-state index contributed by atoms with van der Waals surface area (Å²) in [7, 11) is 0. The lowest BCUT2D eigenvalue weighted by Crippen LogP contribution is -1.87. The molecule has 5 aromatic rings. The minimum absolute atomic E-state index is 0.988. The average molecular weight is 383 g/mol. The van der Waals surface area contributed by atoms with Crippen LogP contribution in [-0.2, 0) is 0 Å². The lowest BCUT2D eigenvalue weighted by molar-refractivity contribution is 1.33. The Bertz CT molecular complexity index is 1200. The number of benzene rings is 4. The van der Waals surface area contributed by atoms with E-state index in [9.17, 15) is 0 Å². The molecule has 0 amide bonds. The fraction of sp³-hybridized carbons (Fsp3) is 0. The zero-order chi connectivity index (χ0) is 20.2. The Morgan fingerprint density at radius 2 is 0.800 bits per heavy atom. The van der Waals surface area contributed by atoms with Crippen molar-refractivity contribution in [1.82, 2.24) is 4.98 Å². The monoisotopic (exact) mass is 383 g/mol. The van der Waals surface area contributed by atoms with Crippen molar-refractivity contribution in [3.05, 3.63) is 128 Å². The van der Waals surface area contributed by atoms with Crippen LogP contribution in [0, 0.1) is 0 Å². The van der Waals surface area contributed by atoms with Gasteiger partial charge in [0.2, 0.25) is 0 Å². The molecule has 1 heteroatoms. The normalized spacial score (nSPS) is 10.7. The molecule has 0 aliphatic carbocycles. The molecule has 0 unspecified atom stereocenters. The van der Waals surface area contributed by atoms with Crippen LogP contribution in [-0.4, -0.2) is 4.98 Å². The van der Waals surface area contributed by atoms with Crippen LogP contribution in [0.1, 0.15) is 0 Å². The van der Waals surface area contributed by atoms with Crippen molar-refractivity contribution in [1.29, 1.82) is 0 Å². The molecule has 0 aliphatic heterocycles. The Labute approximate surface area is 177 Å². The Kier molecular flexibility index (Phi) is 4.93. The second-order valence-electron chi connectivity index (χ2n) is 7.33. The van der Waals surface area contributed by atoms with Gasteiger partial charge in [0.15, 0.2) is 0 Å². The highest BCUT2D eigenvalue weighted by molar-refractivity contribution is 5.82. The summed E-state index contributed by atoms with van der Waals surface area (Å²) >= 11 is 0. The third-order valence-corrected chi connectivity index (χ3v) is 5.30. The zero-order valence-corrected chi connectivity index (χ0v) is 16.6. The molecular formula is C29H21N. The van der Waals surface area contributed by atoms with Gasteiger partial charge in [-0.2, -0.15) is 0 Å².